The molecule has 0 saturated carbocycles. The number of imide groups is 1. The van der Waals surface area contributed by atoms with Crippen LogP contribution in [-0.4, -0.2) is 26.5 Å². The lowest BCUT2D eigenvalue weighted by Crippen LogP contribution is -2.25. The summed E-state index contributed by atoms with van der Waals surface area (Å²) in [7, 11) is 0. The third kappa shape index (κ3) is 4.26. The first kappa shape index (κ1) is 22.4. The van der Waals surface area contributed by atoms with Crippen molar-refractivity contribution in [3.63, 3.8) is 0 Å². The van der Waals surface area contributed by atoms with Crippen LogP contribution in [0.5, 0.6) is 5.75 Å². The van der Waals surface area contributed by atoms with Crippen LogP contribution in [0.25, 0.3) is 22.6 Å². The second-order valence-electron chi connectivity index (χ2n) is 10.3. The molecule has 0 aliphatic carbocycles. The zero-order chi connectivity index (χ0) is 23.4. The van der Waals surface area contributed by atoms with Crippen molar-refractivity contribution >= 4 is 34.0 Å². The number of phenols is 1. The Kier molecular flexibility index (Phi) is 5.36. The Morgan fingerprint density at radius 3 is 2.19 bits per heavy atom. The molecular formula is C25H28N2O4S. The Labute approximate surface area is 191 Å². The fraction of sp³-hybridized carbons (Fsp3) is 0.400. The smallest absolute Gasteiger partial charge is 0.286 e. The average molecular weight is 453 g/mol. The summed E-state index contributed by atoms with van der Waals surface area (Å²) in [6.45, 7) is 12.4. The predicted molar refractivity (Wildman–Crippen MR) is 127 cm³/mol. The molecule has 1 aliphatic rings. The molecule has 6 nitrogen and oxygen atoms in total. The highest BCUT2D eigenvalue weighted by Gasteiger charge is 2.32. The number of carbonyl (C=O) groups is 2. The highest BCUT2D eigenvalue weighted by atomic mass is 32.2. The molecule has 1 atom stereocenters. The molecule has 2 amide bonds. The molecule has 1 unspecified atom stereocenters. The molecule has 0 radical (unpaired) electrons. The molecule has 3 aromatic rings. The molecule has 168 valence electrons. The molecule has 0 spiro atoms. The van der Waals surface area contributed by atoms with Gasteiger partial charge in [-0.2, -0.15) is 0 Å². The summed E-state index contributed by atoms with van der Waals surface area (Å²) >= 11 is 1.02. The van der Waals surface area contributed by atoms with Gasteiger partial charge in [0.25, 0.3) is 5.24 Å². The molecule has 7 heteroatoms. The fourth-order valence-corrected chi connectivity index (χ4v) is 4.73. The fourth-order valence-electron chi connectivity index (χ4n) is 3.87. The maximum Gasteiger partial charge on any atom is 0.286 e. The van der Waals surface area contributed by atoms with Gasteiger partial charge in [0.15, 0.2) is 5.58 Å². The van der Waals surface area contributed by atoms with Crippen LogP contribution in [0.2, 0.25) is 0 Å². The van der Waals surface area contributed by atoms with E-state index in [2.05, 4.69) is 46.9 Å². The van der Waals surface area contributed by atoms with E-state index in [1.807, 2.05) is 30.3 Å². The first-order chi connectivity index (χ1) is 14.8. The zero-order valence-corrected chi connectivity index (χ0v) is 20.0. The molecule has 1 fully saturated rings. The van der Waals surface area contributed by atoms with Crippen LogP contribution >= 0.6 is 11.8 Å². The lowest BCUT2D eigenvalue weighted by Gasteiger charge is -2.27. The van der Waals surface area contributed by atoms with Crippen molar-refractivity contribution in [1.82, 2.24) is 10.3 Å². The number of hydrogen-bond acceptors (Lipinski definition) is 6. The van der Waals surface area contributed by atoms with Crippen molar-refractivity contribution in [1.29, 1.82) is 0 Å². The summed E-state index contributed by atoms with van der Waals surface area (Å²) in [4.78, 5) is 28.0. The normalized spacial score (nSPS) is 17.2. The number of oxazole rings is 1. The van der Waals surface area contributed by atoms with Crippen molar-refractivity contribution in [2.75, 3.05) is 0 Å². The summed E-state index contributed by atoms with van der Waals surface area (Å²) in [5, 5.41) is 12.6. The SMILES string of the molecule is CC(C)(C)c1cc(-c2nc3cc(CC4SC(=O)NC4=O)ccc3o2)cc(C(C)(C)C)c1O. The minimum atomic E-state index is -0.424. The van der Waals surface area contributed by atoms with E-state index < -0.39 is 5.25 Å². The minimum absolute atomic E-state index is 0.254. The number of nitrogens with one attached hydrogen (secondary N) is 1. The molecule has 2 heterocycles. The quantitative estimate of drug-likeness (QED) is 0.530. The second kappa shape index (κ2) is 7.66. The summed E-state index contributed by atoms with van der Waals surface area (Å²) in [6, 6.07) is 9.53. The van der Waals surface area contributed by atoms with E-state index in [-0.39, 0.29) is 22.0 Å². The van der Waals surface area contributed by atoms with E-state index in [9.17, 15) is 14.7 Å². The van der Waals surface area contributed by atoms with Crippen molar-refractivity contribution in [2.45, 2.75) is 64.0 Å². The van der Waals surface area contributed by atoms with Gasteiger partial charge in [-0.3, -0.25) is 14.9 Å². The lowest BCUT2D eigenvalue weighted by atomic mass is 9.78. The van der Waals surface area contributed by atoms with E-state index in [1.54, 1.807) is 0 Å². The van der Waals surface area contributed by atoms with Crippen molar-refractivity contribution in [3.8, 4) is 17.2 Å². The first-order valence-electron chi connectivity index (χ1n) is 10.6. The number of amides is 2. The van der Waals surface area contributed by atoms with Gasteiger partial charge in [0.1, 0.15) is 11.3 Å². The van der Waals surface area contributed by atoms with Gasteiger partial charge < -0.3 is 9.52 Å². The Bertz CT molecular complexity index is 1200. The number of aromatic nitrogens is 1. The van der Waals surface area contributed by atoms with Gasteiger partial charge >= 0.3 is 0 Å². The molecule has 1 aliphatic heterocycles. The lowest BCUT2D eigenvalue weighted by molar-refractivity contribution is -0.118. The van der Waals surface area contributed by atoms with Gasteiger partial charge in [0, 0.05) is 16.7 Å². The van der Waals surface area contributed by atoms with E-state index in [0.29, 0.717) is 29.2 Å². The van der Waals surface area contributed by atoms with Gasteiger partial charge in [0.05, 0.1) is 5.25 Å². The molecule has 0 bridgehead atoms. The number of benzene rings is 2. The van der Waals surface area contributed by atoms with Gasteiger partial charge in [0.2, 0.25) is 11.8 Å². The van der Waals surface area contributed by atoms with Crippen LogP contribution in [0.1, 0.15) is 58.2 Å². The minimum Gasteiger partial charge on any atom is -0.507 e. The number of hydrogen-bond donors (Lipinski definition) is 2. The summed E-state index contributed by atoms with van der Waals surface area (Å²) in [5.41, 5.74) is 4.24. The second-order valence-corrected chi connectivity index (χ2v) is 11.5. The number of phenolic OH excluding ortho intramolecular Hbond substituents is 1. The maximum atomic E-state index is 11.9. The molecule has 4 rings (SSSR count). The zero-order valence-electron chi connectivity index (χ0n) is 19.2. The predicted octanol–water partition coefficient (Wildman–Crippen LogP) is 5.69. The standard InChI is InChI=1S/C25H28N2O4S/c1-24(2,3)15-11-14(12-16(20(15)28)25(4,5)6)22-26-17-9-13(7-8-18(17)31-22)10-19-21(29)27-23(30)32-19/h7-9,11-12,19,28H,10H2,1-6H3,(H,27,29,30). The van der Waals surface area contributed by atoms with Crippen LogP contribution in [0.4, 0.5) is 4.79 Å². The third-order valence-corrected chi connectivity index (χ3v) is 6.59. The monoisotopic (exact) mass is 452 g/mol. The van der Waals surface area contributed by atoms with Crippen molar-refractivity contribution in [3.05, 3.63) is 47.0 Å². The van der Waals surface area contributed by atoms with Crippen LogP contribution < -0.4 is 5.32 Å². The van der Waals surface area contributed by atoms with Crippen molar-refractivity contribution < 1.29 is 19.1 Å². The Balaban J connectivity index is 1.75. The maximum absolute atomic E-state index is 11.9. The molecule has 1 aromatic heterocycles. The van der Waals surface area contributed by atoms with Crippen LogP contribution in [0.3, 0.4) is 0 Å². The van der Waals surface area contributed by atoms with Gasteiger partial charge in [-0.05, 0) is 47.1 Å². The highest BCUT2D eigenvalue weighted by molar-refractivity contribution is 8.15. The molecular weight excluding hydrogens is 424 g/mol. The molecule has 2 aromatic carbocycles. The third-order valence-electron chi connectivity index (χ3n) is 5.61. The summed E-state index contributed by atoms with van der Waals surface area (Å²) < 4.78 is 6.06. The van der Waals surface area contributed by atoms with Gasteiger partial charge in [-0.15, -0.1) is 0 Å². The van der Waals surface area contributed by atoms with E-state index in [4.69, 9.17) is 9.40 Å². The number of rotatable bonds is 3. The number of thioether (sulfide) groups is 1. The molecule has 32 heavy (non-hydrogen) atoms. The highest BCUT2D eigenvalue weighted by Crippen LogP contribution is 2.42. The van der Waals surface area contributed by atoms with Gasteiger partial charge in [-0.1, -0.05) is 59.4 Å². The van der Waals surface area contributed by atoms with Crippen LogP contribution in [0, 0.1) is 0 Å². The van der Waals surface area contributed by atoms with Crippen molar-refractivity contribution in [2.24, 2.45) is 0 Å². The molecule has 2 N–H and O–H groups in total. The summed E-state index contributed by atoms with van der Waals surface area (Å²) in [5.74, 6) is 0.541. The summed E-state index contributed by atoms with van der Waals surface area (Å²) in [6.07, 6.45) is 0.446. The average Bonchev–Trinajstić information content (AvgIpc) is 3.22. The van der Waals surface area contributed by atoms with E-state index >= 15 is 0 Å². The Morgan fingerprint density at radius 1 is 1.03 bits per heavy atom. The Hall–Kier alpha value is -2.80. The number of aromatic hydroxyl groups is 1. The van der Waals surface area contributed by atoms with Gasteiger partial charge in [-0.25, -0.2) is 4.98 Å². The number of nitrogens with zero attached hydrogens (tertiary/aromatic N) is 1. The largest absolute Gasteiger partial charge is 0.507 e. The van der Waals surface area contributed by atoms with Crippen LogP contribution in [0.15, 0.2) is 34.7 Å². The number of carbonyl (C=O) groups excluding carboxylic acids is 2. The first-order valence-corrected chi connectivity index (χ1v) is 11.5. The van der Waals surface area contributed by atoms with Crippen LogP contribution in [-0.2, 0) is 22.0 Å². The number of fused-ring (bicyclic) bond motifs is 1. The Morgan fingerprint density at radius 2 is 1.66 bits per heavy atom. The van der Waals surface area contributed by atoms with E-state index in [0.717, 1.165) is 34.0 Å². The topological polar surface area (TPSA) is 92.4 Å². The molecule has 1 saturated heterocycles. The van der Waals surface area contributed by atoms with E-state index in [1.165, 1.54) is 0 Å².